The number of nitrogens with zero attached hydrogens (tertiary/aromatic N) is 3. The fourth-order valence-electron chi connectivity index (χ4n) is 1.50. The molecule has 0 saturated carbocycles. The van der Waals surface area contributed by atoms with E-state index in [1.165, 1.54) is 6.20 Å². The van der Waals surface area contributed by atoms with Crippen molar-refractivity contribution in [2.45, 2.75) is 0 Å². The first-order chi connectivity index (χ1) is 8.58. The van der Waals surface area contributed by atoms with E-state index >= 15 is 0 Å². The number of rotatable bonds is 3. The Morgan fingerprint density at radius 2 is 2.22 bits per heavy atom. The van der Waals surface area contributed by atoms with Crippen molar-refractivity contribution in [2.75, 3.05) is 24.3 Å². The smallest absolute Gasteiger partial charge is 0.277 e. The summed E-state index contributed by atoms with van der Waals surface area (Å²) in [6.45, 7) is 0. The third-order valence-electron chi connectivity index (χ3n) is 2.34. The minimum Gasteiger partial charge on any atom is -0.376 e. The summed E-state index contributed by atoms with van der Waals surface area (Å²) in [4.78, 5) is 13.7. The second-order valence-corrected chi connectivity index (χ2v) is 4.30. The maximum absolute atomic E-state index is 11.9. The van der Waals surface area contributed by atoms with Gasteiger partial charge in [0.25, 0.3) is 5.91 Å². The van der Waals surface area contributed by atoms with Crippen molar-refractivity contribution in [1.82, 2.24) is 15.4 Å². The molecule has 0 aliphatic heterocycles. The summed E-state index contributed by atoms with van der Waals surface area (Å²) in [5.74, 6) is -0.339. The van der Waals surface area contributed by atoms with E-state index in [1.807, 2.05) is 25.1 Å². The van der Waals surface area contributed by atoms with E-state index in [9.17, 15) is 4.79 Å². The normalized spacial score (nSPS) is 10.2. The van der Waals surface area contributed by atoms with E-state index in [4.69, 9.17) is 11.6 Å². The van der Waals surface area contributed by atoms with Crippen LogP contribution in [0.5, 0.6) is 0 Å². The zero-order valence-electron chi connectivity index (χ0n) is 9.94. The summed E-state index contributed by atoms with van der Waals surface area (Å²) in [7, 11) is 3.77. The molecular weight excluding hydrogens is 254 g/mol. The lowest BCUT2D eigenvalue weighted by Gasteiger charge is -2.17. The monoisotopic (exact) mass is 265 g/mol. The van der Waals surface area contributed by atoms with Gasteiger partial charge >= 0.3 is 0 Å². The number of hydrogen-bond donors (Lipinski definition) is 2. The molecule has 2 aromatic rings. The summed E-state index contributed by atoms with van der Waals surface area (Å²) in [5, 5.41) is 13.0. The summed E-state index contributed by atoms with van der Waals surface area (Å²) < 4.78 is 0. The zero-order valence-corrected chi connectivity index (χ0v) is 10.7. The largest absolute Gasteiger partial charge is 0.376 e. The third kappa shape index (κ3) is 2.60. The van der Waals surface area contributed by atoms with Crippen LogP contribution in [-0.4, -0.2) is 35.4 Å². The number of anilines is 2. The highest BCUT2D eigenvalue weighted by molar-refractivity contribution is 6.31. The molecule has 0 spiro atoms. The SMILES string of the molecule is CN(C)c1ccc(Cl)cc1NC(=O)c1cn[nH]n1. The molecule has 0 atom stereocenters. The average molecular weight is 266 g/mol. The number of halogens is 1. The standard InChI is InChI=1S/C11H12ClN5O/c1-17(2)10-4-3-7(12)5-8(10)14-11(18)9-6-13-16-15-9/h3-6H,1-2H3,(H,14,18)(H,13,15,16). The molecule has 0 aliphatic carbocycles. The Kier molecular flexibility index (Phi) is 3.47. The molecule has 1 heterocycles. The molecule has 6 nitrogen and oxygen atoms in total. The number of amides is 1. The summed E-state index contributed by atoms with van der Waals surface area (Å²) >= 11 is 5.93. The van der Waals surface area contributed by atoms with Crippen molar-refractivity contribution in [3.8, 4) is 0 Å². The van der Waals surface area contributed by atoms with Gasteiger partial charge in [0.15, 0.2) is 5.69 Å². The molecule has 7 heteroatoms. The van der Waals surface area contributed by atoms with Gasteiger partial charge in [-0.3, -0.25) is 4.79 Å². The Morgan fingerprint density at radius 1 is 1.44 bits per heavy atom. The topological polar surface area (TPSA) is 73.9 Å². The van der Waals surface area contributed by atoms with E-state index < -0.39 is 0 Å². The summed E-state index contributed by atoms with van der Waals surface area (Å²) in [6, 6.07) is 5.29. The Balaban J connectivity index is 2.28. The molecule has 0 saturated heterocycles. The van der Waals surface area contributed by atoms with Crippen LogP contribution >= 0.6 is 11.6 Å². The molecule has 18 heavy (non-hydrogen) atoms. The van der Waals surface area contributed by atoms with Gasteiger partial charge in [-0.2, -0.15) is 15.4 Å². The summed E-state index contributed by atoms with van der Waals surface area (Å²) in [6.07, 6.45) is 1.36. The van der Waals surface area contributed by atoms with Gasteiger partial charge in [0, 0.05) is 19.1 Å². The number of aromatic amines is 1. The lowest BCUT2D eigenvalue weighted by Crippen LogP contribution is -2.17. The van der Waals surface area contributed by atoms with Crippen LogP contribution in [0.1, 0.15) is 10.5 Å². The van der Waals surface area contributed by atoms with Crippen molar-refractivity contribution >= 4 is 28.9 Å². The maximum atomic E-state index is 11.9. The van der Waals surface area contributed by atoms with Crippen LogP contribution in [0.2, 0.25) is 5.02 Å². The van der Waals surface area contributed by atoms with Crippen LogP contribution in [0.4, 0.5) is 11.4 Å². The minimum absolute atomic E-state index is 0.222. The van der Waals surface area contributed by atoms with Crippen molar-refractivity contribution < 1.29 is 4.79 Å². The predicted octanol–water partition coefficient (Wildman–Crippen LogP) is 1.78. The van der Waals surface area contributed by atoms with Gasteiger partial charge in [-0.1, -0.05) is 11.6 Å². The molecule has 94 valence electrons. The molecule has 0 unspecified atom stereocenters. The molecule has 2 rings (SSSR count). The number of nitrogens with one attached hydrogen (secondary N) is 2. The molecule has 1 amide bonds. The predicted molar refractivity (Wildman–Crippen MR) is 70.1 cm³/mol. The molecule has 1 aromatic heterocycles. The summed E-state index contributed by atoms with van der Waals surface area (Å²) in [5.41, 5.74) is 1.71. The number of aromatic nitrogens is 3. The van der Waals surface area contributed by atoms with Gasteiger partial charge < -0.3 is 10.2 Å². The number of carbonyl (C=O) groups excluding carboxylic acids is 1. The number of carbonyl (C=O) groups is 1. The first-order valence-corrected chi connectivity index (χ1v) is 5.59. The van der Waals surface area contributed by atoms with Crippen LogP contribution in [-0.2, 0) is 0 Å². The fourth-order valence-corrected chi connectivity index (χ4v) is 1.67. The Morgan fingerprint density at radius 3 is 2.83 bits per heavy atom. The highest BCUT2D eigenvalue weighted by atomic mass is 35.5. The van der Waals surface area contributed by atoms with Gasteiger partial charge in [-0.15, -0.1) is 0 Å². The lowest BCUT2D eigenvalue weighted by atomic mass is 10.2. The van der Waals surface area contributed by atoms with Gasteiger partial charge in [-0.25, -0.2) is 0 Å². The Hall–Kier alpha value is -2.08. The van der Waals surface area contributed by atoms with Gasteiger partial charge in [0.2, 0.25) is 0 Å². The second-order valence-electron chi connectivity index (χ2n) is 3.87. The quantitative estimate of drug-likeness (QED) is 0.887. The van der Waals surface area contributed by atoms with E-state index in [2.05, 4.69) is 20.7 Å². The molecule has 0 aliphatic rings. The molecular formula is C11H12ClN5O. The molecule has 0 fully saturated rings. The van der Waals surface area contributed by atoms with Gasteiger partial charge in [0.05, 0.1) is 17.6 Å². The molecule has 2 N–H and O–H groups in total. The van der Waals surface area contributed by atoms with Gasteiger partial charge in [-0.05, 0) is 18.2 Å². The average Bonchev–Trinajstić information content (AvgIpc) is 2.81. The van der Waals surface area contributed by atoms with Crippen molar-refractivity contribution in [3.63, 3.8) is 0 Å². The number of hydrogen-bond acceptors (Lipinski definition) is 4. The Bertz CT molecular complexity index is 553. The third-order valence-corrected chi connectivity index (χ3v) is 2.57. The fraction of sp³-hybridized carbons (Fsp3) is 0.182. The zero-order chi connectivity index (χ0) is 13.1. The second kappa shape index (κ2) is 5.05. The lowest BCUT2D eigenvalue weighted by molar-refractivity contribution is 0.102. The van der Waals surface area contributed by atoms with E-state index in [1.54, 1.807) is 12.1 Å². The minimum atomic E-state index is -0.339. The van der Waals surface area contributed by atoms with Crippen LogP contribution in [0.3, 0.4) is 0 Å². The number of benzene rings is 1. The first kappa shape index (κ1) is 12.4. The van der Waals surface area contributed by atoms with Crippen molar-refractivity contribution in [1.29, 1.82) is 0 Å². The molecule has 0 bridgehead atoms. The maximum Gasteiger partial charge on any atom is 0.277 e. The van der Waals surface area contributed by atoms with E-state index in [0.29, 0.717) is 10.7 Å². The van der Waals surface area contributed by atoms with Crippen LogP contribution in [0.25, 0.3) is 0 Å². The van der Waals surface area contributed by atoms with Crippen molar-refractivity contribution in [2.24, 2.45) is 0 Å². The van der Waals surface area contributed by atoms with Crippen LogP contribution in [0.15, 0.2) is 24.4 Å². The molecule has 0 radical (unpaired) electrons. The van der Waals surface area contributed by atoms with Crippen molar-refractivity contribution in [3.05, 3.63) is 35.1 Å². The van der Waals surface area contributed by atoms with E-state index in [-0.39, 0.29) is 11.6 Å². The highest BCUT2D eigenvalue weighted by Gasteiger charge is 2.12. The number of H-pyrrole nitrogens is 1. The van der Waals surface area contributed by atoms with Crippen LogP contribution < -0.4 is 10.2 Å². The Labute approximate surface area is 109 Å². The van der Waals surface area contributed by atoms with Gasteiger partial charge in [0.1, 0.15) is 0 Å². The van der Waals surface area contributed by atoms with Crippen LogP contribution in [0, 0.1) is 0 Å². The highest BCUT2D eigenvalue weighted by Crippen LogP contribution is 2.28. The molecule has 1 aromatic carbocycles. The van der Waals surface area contributed by atoms with E-state index in [0.717, 1.165) is 5.69 Å². The first-order valence-electron chi connectivity index (χ1n) is 5.22.